The summed E-state index contributed by atoms with van der Waals surface area (Å²) >= 11 is 3.32. The molecule has 0 aliphatic carbocycles. The van der Waals surface area contributed by atoms with E-state index in [0.29, 0.717) is 5.84 Å². The molecule has 1 aromatic carbocycles. The molecule has 1 aliphatic heterocycles. The summed E-state index contributed by atoms with van der Waals surface area (Å²) in [4.78, 5) is 5.67. The van der Waals surface area contributed by atoms with Gasteiger partial charge < -0.3 is 11.1 Å². The van der Waals surface area contributed by atoms with Crippen molar-refractivity contribution < 1.29 is 0 Å². The van der Waals surface area contributed by atoms with E-state index in [0.717, 1.165) is 22.6 Å². The van der Waals surface area contributed by atoms with E-state index in [9.17, 15) is 0 Å². The maximum absolute atomic E-state index is 6.01. The van der Waals surface area contributed by atoms with Gasteiger partial charge in [0.15, 0.2) is 0 Å². The molecule has 5 heteroatoms. The van der Waals surface area contributed by atoms with Crippen molar-refractivity contribution in [3.8, 4) is 0 Å². The highest BCUT2D eigenvalue weighted by Gasteiger charge is 2.15. The second-order valence-corrected chi connectivity index (χ2v) is 5.33. The smallest absolute Gasteiger partial charge is 0.134 e. The number of nitrogens with one attached hydrogen (secondary N) is 1. The Labute approximate surface area is 108 Å². The molecule has 0 saturated heterocycles. The van der Waals surface area contributed by atoms with Gasteiger partial charge in [-0.3, -0.25) is 0 Å². The topological polar surface area (TPSA) is 50.4 Å². The van der Waals surface area contributed by atoms with Crippen LogP contribution < -0.4 is 11.1 Å². The SMILES string of the molecule is CSc1ccc2c(c1)N=C(N)c1cscc1N2. The highest BCUT2D eigenvalue weighted by Crippen LogP contribution is 2.36. The number of hydrogen-bond acceptors (Lipinski definition) is 5. The second kappa shape index (κ2) is 4.09. The number of benzene rings is 1. The molecule has 3 N–H and O–H groups in total. The molecule has 1 aliphatic rings. The number of rotatable bonds is 1. The Bertz CT molecular complexity index is 602. The van der Waals surface area contributed by atoms with Gasteiger partial charge in [0.05, 0.1) is 22.6 Å². The molecule has 0 atom stereocenters. The number of anilines is 2. The number of nitrogens with two attached hydrogens (primary N) is 1. The minimum atomic E-state index is 0.575. The third kappa shape index (κ3) is 1.81. The number of thiophene rings is 1. The number of aliphatic imine (C=N–C) groups is 1. The largest absolute Gasteiger partial charge is 0.383 e. The van der Waals surface area contributed by atoms with Crippen LogP contribution in [0.3, 0.4) is 0 Å². The number of hydrogen-bond donors (Lipinski definition) is 2. The summed E-state index contributed by atoms with van der Waals surface area (Å²) in [5.74, 6) is 0.575. The lowest BCUT2D eigenvalue weighted by molar-refractivity contribution is 1.40. The Morgan fingerprint density at radius 1 is 1.29 bits per heavy atom. The van der Waals surface area contributed by atoms with Gasteiger partial charge in [0.25, 0.3) is 0 Å². The zero-order valence-electron chi connectivity index (χ0n) is 9.23. The minimum absolute atomic E-state index is 0.575. The van der Waals surface area contributed by atoms with Crippen LogP contribution in [-0.4, -0.2) is 12.1 Å². The first-order valence-corrected chi connectivity index (χ1v) is 7.30. The van der Waals surface area contributed by atoms with Gasteiger partial charge in [-0.25, -0.2) is 4.99 Å². The van der Waals surface area contributed by atoms with E-state index in [1.165, 1.54) is 4.90 Å². The molecule has 0 bridgehead atoms. The van der Waals surface area contributed by atoms with Crippen molar-refractivity contribution in [2.75, 3.05) is 11.6 Å². The third-order valence-electron chi connectivity index (χ3n) is 2.65. The van der Waals surface area contributed by atoms with Crippen LogP contribution in [0.15, 0.2) is 38.8 Å². The summed E-state index contributed by atoms with van der Waals surface area (Å²) in [6, 6.07) is 6.18. The van der Waals surface area contributed by atoms with E-state index < -0.39 is 0 Å². The summed E-state index contributed by atoms with van der Waals surface area (Å²) < 4.78 is 0. The Balaban J connectivity index is 2.17. The van der Waals surface area contributed by atoms with Gasteiger partial charge in [0.1, 0.15) is 5.84 Å². The molecule has 86 valence electrons. The normalized spacial score (nSPS) is 13.1. The van der Waals surface area contributed by atoms with Crippen LogP contribution in [0.2, 0.25) is 0 Å². The lowest BCUT2D eigenvalue weighted by Crippen LogP contribution is -2.11. The van der Waals surface area contributed by atoms with E-state index in [4.69, 9.17) is 5.73 Å². The molecular formula is C12H11N3S2. The van der Waals surface area contributed by atoms with Crippen molar-refractivity contribution in [3.63, 3.8) is 0 Å². The van der Waals surface area contributed by atoms with Gasteiger partial charge >= 0.3 is 0 Å². The van der Waals surface area contributed by atoms with E-state index >= 15 is 0 Å². The number of nitrogens with zero attached hydrogens (tertiary/aromatic N) is 1. The van der Waals surface area contributed by atoms with Crippen LogP contribution in [0.4, 0.5) is 17.1 Å². The zero-order valence-corrected chi connectivity index (χ0v) is 10.9. The molecule has 3 nitrogen and oxygen atoms in total. The molecule has 0 spiro atoms. The quantitative estimate of drug-likeness (QED) is 0.772. The Morgan fingerprint density at radius 3 is 3.00 bits per heavy atom. The van der Waals surface area contributed by atoms with E-state index in [-0.39, 0.29) is 0 Å². The highest BCUT2D eigenvalue weighted by atomic mass is 32.2. The van der Waals surface area contributed by atoms with Crippen LogP contribution in [0.5, 0.6) is 0 Å². The van der Waals surface area contributed by atoms with Crippen molar-refractivity contribution >= 4 is 46.0 Å². The van der Waals surface area contributed by atoms with Crippen molar-refractivity contribution in [3.05, 3.63) is 34.5 Å². The van der Waals surface area contributed by atoms with Gasteiger partial charge in [-0.15, -0.1) is 23.1 Å². The van der Waals surface area contributed by atoms with E-state index in [2.05, 4.69) is 34.1 Å². The maximum Gasteiger partial charge on any atom is 0.134 e. The van der Waals surface area contributed by atoms with Crippen LogP contribution in [0.1, 0.15) is 5.56 Å². The molecule has 1 aromatic heterocycles. The summed E-state index contributed by atoms with van der Waals surface area (Å²) in [5, 5.41) is 7.44. The molecule has 0 radical (unpaired) electrons. The first kappa shape index (κ1) is 10.7. The predicted octanol–water partition coefficient (Wildman–Crippen LogP) is 3.56. The maximum atomic E-state index is 6.01. The Kier molecular flexibility index (Phi) is 2.57. The molecule has 2 aromatic rings. The lowest BCUT2D eigenvalue weighted by Gasteiger charge is -2.07. The zero-order chi connectivity index (χ0) is 11.8. The summed E-state index contributed by atoms with van der Waals surface area (Å²) in [6.07, 6.45) is 2.05. The first-order valence-electron chi connectivity index (χ1n) is 5.14. The van der Waals surface area contributed by atoms with Gasteiger partial charge in [-0.2, -0.15) is 0 Å². The second-order valence-electron chi connectivity index (χ2n) is 3.70. The molecular weight excluding hydrogens is 250 g/mol. The number of thioether (sulfide) groups is 1. The van der Waals surface area contributed by atoms with Crippen LogP contribution in [0.25, 0.3) is 0 Å². The van der Waals surface area contributed by atoms with Gasteiger partial charge in [0.2, 0.25) is 0 Å². The molecule has 0 amide bonds. The summed E-state index contributed by atoms with van der Waals surface area (Å²) in [6.45, 7) is 0. The predicted molar refractivity (Wildman–Crippen MR) is 76.2 cm³/mol. The van der Waals surface area contributed by atoms with Crippen molar-refractivity contribution in [1.29, 1.82) is 0 Å². The van der Waals surface area contributed by atoms with Gasteiger partial charge in [0, 0.05) is 15.7 Å². The standard InChI is InChI=1S/C12H11N3S2/c1-16-7-2-3-9-10(4-7)15-12(13)8-5-17-6-11(8)14-9/h2-6,14H,1H3,(H2,13,15). The number of fused-ring (bicyclic) bond motifs is 2. The van der Waals surface area contributed by atoms with Crippen molar-refractivity contribution in [2.24, 2.45) is 10.7 Å². The molecule has 2 heterocycles. The average Bonchev–Trinajstić information content (AvgIpc) is 2.75. The number of amidine groups is 1. The van der Waals surface area contributed by atoms with Gasteiger partial charge in [-0.1, -0.05) is 0 Å². The van der Waals surface area contributed by atoms with Crippen LogP contribution in [0, 0.1) is 0 Å². The average molecular weight is 261 g/mol. The Morgan fingerprint density at radius 2 is 2.18 bits per heavy atom. The lowest BCUT2D eigenvalue weighted by atomic mass is 10.2. The monoisotopic (exact) mass is 261 g/mol. The molecule has 0 saturated carbocycles. The molecule has 0 fully saturated rings. The summed E-state index contributed by atoms with van der Waals surface area (Å²) in [7, 11) is 0. The molecule has 17 heavy (non-hydrogen) atoms. The van der Waals surface area contributed by atoms with E-state index in [1.54, 1.807) is 23.1 Å². The van der Waals surface area contributed by atoms with Crippen LogP contribution >= 0.6 is 23.1 Å². The fraction of sp³-hybridized carbons (Fsp3) is 0.0833. The Hall–Kier alpha value is -1.46. The third-order valence-corrected chi connectivity index (χ3v) is 4.12. The molecule has 3 rings (SSSR count). The van der Waals surface area contributed by atoms with E-state index in [1.807, 2.05) is 11.4 Å². The fourth-order valence-electron chi connectivity index (χ4n) is 1.76. The first-order chi connectivity index (χ1) is 8.28. The summed E-state index contributed by atoms with van der Waals surface area (Å²) in [5.41, 5.74) is 9.93. The highest BCUT2D eigenvalue weighted by molar-refractivity contribution is 7.98. The van der Waals surface area contributed by atoms with Crippen LogP contribution in [-0.2, 0) is 0 Å². The van der Waals surface area contributed by atoms with Crippen molar-refractivity contribution in [1.82, 2.24) is 0 Å². The van der Waals surface area contributed by atoms with Gasteiger partial charge in [-0.05, 0) is 24.5 Å². The minimum Gasteiger partial charge on any atom is -0.383 e. The fourth-order valence-corrected chi connectivity index (χ4v) is 2.97. The molecule has 0 unspecified atom stereocenters. The van der Waals surface area contributed by atoms with Crippen molar-refractivity contribution in [2.45, 2.75) is 4.90 Å².